The van der Waals surface area contributed by atoms with Gasteiger partial charge < -0.3 is 9.53 Å². The third kappa shape index (κ3) is 3.76. The Labute approximate surface area is 145 Å². The molecule has 0 fully saturated rings. The lowest BCUT2D eigenvalue weighted by atomic mass is 10.1. The molecule has 0 amide bonds. The van der Waals surface area contributed by atoms with Gasteiger partial charge in [-0.3, -0.25) is 9.67 Å². The number of hydrogen-bond donors (Lipinski definition) is 1. The summed E-state index contributed by atoms with van der Waals surface area (Å²) in [6, 6.07) is 3.98. The summed E-state index contributed by atoms with van der Waals surface area (Å²) < 4.78 is 8.09. The number of aromatic nitrogens is 3. The van der Waals surface area contributed by atoms with Crippen molar-refractivity contribution in [1.29, 1.82) is 0 Å². The molecule has 0 spiro atoms. The van der Waals surface area contributed by atoms with Crippen molar-refractivity contribution in [3.05, 3.63) is 35.3 Å². The van der Waals surface area contributed by atoms with Gasteiger partial charge in [0, 0.05) is 30.1 Å². The molecular formula is C18H29N3O2Si. The van der Waals surface area contributed by atoms with Crippen molar-refractivity contribution in [3.8, 4) is 11.3 Å². The van der Waals surface area contributed by atoms with Crippen LogP contribution in [0.2, 0.25) is 18.1 Å². The smallest absolute Gasteiger partial charge is 0.192 e. The lowest BCUT2D eigenvalue weighted by Crippen LogP contribution is -2.40. The van der Waals surface area contributed by atoms with Crippen LogP contribution in [0.25, 0.3) is 11.3 Å². The molecule has 2 aromatic rings. The monoisotopic (exact) mass is 347 g/mol. The number of nitrogens with zero attached hydrogens (tertiary/aromatic N) is 3. The van der Waals surface area contributed by atoms with Crippen LogP contribution in [-0.2, 0) is 24.7 Å². The van der Waals surface area contributed by atoms with E-state index in [1.165, 1.54) is 0 Å². The minimum absolute atomic E-state index is 0.0623. The van der Waals surface area contributed by atoms with Gasteiger partial charge in [0.2, 0.25) is 0 Å². The van der Waals surface area contributed by atoms with Gasteiger partial charge in [-0.15, -0.1) is 0 Å². The van der Waals surface area contributed by atoms with Crippen LogP contribution in [0, 0.1) is 6.92 Å². The van der Waals surface area contributed by atoms with E-state index in [4.69, 9.17) is 4.43 Å². The van der Waals surface area contributed by atoms with Crippen LogP contribution in [0.3, 0.4) is 0 Å². The van der Waals surface area contributed by atoms with E-state index >= 15 is 0 Å². The molecule has 5 nitrogen and oxygen atoms in total. The Bertz CT molecular complexity index is 700. The first-order chi connectivity index (χ1) is 11.1. The Kier molecular flexibility index (Phi) is 5.32. The molecule has 0 aliphatic heterocycles. The summed E-state index contributed by atoms with van der Waals surface area (Å²) in [6.07, 6.45) is 1.82. The van der Waals surface area contributed by atoms with Crippen molar-refractivity contribution < 1.29 is 9.53 Å². The summed E-state index contributed by atoms with van der Waals surface area (Å²) in [5, 5.41) is 14.6. The Balaban J connectivity index is 2.33. The molecule has 0 aromatic carbocycles. The van der Waals surface area contributed by atoms with Gasteiger partial charge in [-0.25, -0.2) is 0 Å². The number of aliphatic hydroxyl groups excluding tert-OH is 1. The number of hydrogen-bond acceptors (Lipinski definition) is 4. The van der Waals surface area contributed by atoms with E-state index < -0.39 is 8.32 Å². The molecule has 0 atom stereocenters. The standard InChI is InChI=1S/C18H29N3O2Si/c1-13-8-9-14(10-19-13)17-15(11-22)16(20-21(17)5)12-23-24(6,7)18(2,3)4/h8-10,22H,11-12H2,1-7H3. The molecule has 24 heavy (non-hydrogen) atoms. The Morgan fingerprint density at radius 1 is 1.25 bits per heavy atom. The molecule has 0 saturated carbocycles. The third-order valence-electron chi connectivity index (χ3n) is 4.95. The molecular weight excluding hydrogens is 318 g/mol. The first-order valence-electron chi connectivity index (χ1n) is 8.29. The van der Waals surface area contributed by atoms with Crippen LogP contribution in [0.4, 0.5) is 0 Å². The average Bonchev–Trinajstić information content (AvgIpc) is 2.81. The largest absolute Gasteiger partial charge is 0.411 e. The molecule has 132 valence electrons. The highest BCUT2D eigenvalue weighted by Crippen LogP contribution is 2.37. The topological polar surface area (TPSA) is 60.2 Å². The van der Waals surface area contributed by atoms with Gasteiger partial charge in [-0.2, -0.15) is 5.10 Å². The van der Waals surface area contributed by atoms with Gasteiger partial charge in [0.25, 0.3) is 0 Å². The molecule has 0 aliphatic carbocycles. The van der Waals surface area contributed by atoms with Gasteiger partial charge in [0.15, 0.2) is 8.32 Å². The van der Waals surface area contributed by atoms with Crippen LogP contribution in [0.1, 0.15) is 37.7 Å². The predicted octanol–water partition coefficient (Wildman–Crippen LogP) is 3.80. The Hall–Kier alpha value is -1.50. The van der Waals surface area contributed by atoms with Crippen molar-refractivity contribution in [3.63, 3.8) is 0 Å². The number of aliphatic hydroxyl groups is 1. The van der Waals surface area contributed by atoms with Crippen molar-refractivity contribution >= 4 is 8.32 Å². The molecule has 1 N–H and O–H groups in total. The summed E-state index contributed by atoms with van der Waals surface area (Å²) in [4.78, 5) is 4.35. The van der Waals surface area contributed by atoms with Crippen LogP contribution < -0.4 is 0 Å². The molecule has 0 bridgehead atoms. The van der Waals surface area contributed by atoms with E-state index in [1.807, 2.05) is 37.0 Å². The molecule has 0 saturated heterocycles. The lowest BCUT2D eigenvalue weighted by molar-refractivity contribution is 0.256. The molecule has 0 aliphatic rings. The van der Waals surface area contributed by atoms with E-state index in [0.717, 1.165) is 28.2 Å². The zero-order valence-electron chi connectivity index (χ0n) is 15.8. The lowest BCUT2D eigenvalue weighted by Gasteiger charge is -2.36. The Morgan fingerprint density at radius 3 is 2.42 bits per heavy atom. The average molecular weight is 348 g/mol. The van der Waals surface area contributed by atoms with E-state index in [9.17, 15) is 5.11 Å². The summed E-state index contributed by atoms with van der Waals surface area (Å²) >= 11 is 0. The van der Waals surface area contributed by atoms with Crippen molar-refractivity contribution in [2.45, 2.75) is 59.0 Å². The summed E-state index contributed by atoms with van der Waals surface area (Å²) in [5.74, 6) is 0. The van der Waals surface area contributed by atoms with Crippen molar-refractivity contribution in [2.75, 3.05) is 0 Å². The summed E-state index contributed by atoms with van der Waals surface area (Å²) in [6.45, 7) is 13.4. The molecule has 6 heteroatoms. The van der Waals surface area contributed by atoms with E-state index in [1.54, 1.807) is 0 Å². The second-order valence-electron chi connectivity index (χ2n) is 7.79. The van der Waals surface area contributed by atoms with Crippen LogP contribution in [0.15, 0.2) is 18.3 Å². The van der Waals surface area contributed by atoms with Crippen LogP contribution >= 0.6 is 0 Å². The quantitative estimate of drug-likeness (QED) is 0.836. The number of pyridine rings is 1. The molecule has 0 radical (unpaired) electrons. The van der Waals surface area contributed by atoms with Crippen molar-refractivity contribution in [2.24, 2.45) is 7.05 Å². The van der Waals surface area contributed by atoms with E-state index in [0.29, 0.717) is 6.61 Å². The number of rotatable bonds is 5. The SMILES string of the molecule is Cc1ccc(-c2c(CO)c(CO[Si](C)(C)C(C)(C)C)nn2C)cn1. The van der Waals surface area contributed by atoms with Crippen LogP contribution in [-0.4, -0.2) is 28.2 Å². The minimum Gasteiger partial charge on any atom is -0.411 e. The zero-order chi connectivity index (χ0) is 18.1. The van der Waals surface area contributed by atoms with E-state index in [-0.39, 0.29) is 11.6 Å². The van der Waals surface area contributed by atoms with Gasteiger partial charge in [-0.1, -0.05) is 20.8 Å². The first-order valence-corrected chi connectivity index (χ1v) is 11.2. The maximum absolute atomic E-state index is 9.90. The van der Waals surface area contributed by atoms with Gasteiger partial charge in [0.1, 0.15) is 0 Å². The third-order valence-corrected chi connectivity index (χ3v) is 9.43. The van der Waals surface area contributed by atoms with Crippen molar-refractivity contribution in [1.82, 2.24) is 14.8 Å². The van der Waals surface area contributed by atoms with Crippen LogP contribution in [0.5, 0.6) is 0 Å². The predicted molar refractivity (Wildman–Crippen MR) is 99.1 cm³/mol. The van der Waals surface area contributed by atoms with Gasteiger partial charge in [0.05, 0.1) is 24.6 Å². The minimum atomic E-state index is -1.86. The van der Waals surface area contributed by atoms with Gasteiger partial charge >= 0.3 is 0 Å². The maximum Gasteiger partial charge on any atom is 0.192 e. The van der Waals surface area contributed by atoms with Gasteiger partial charge in [-0.05, 0) is 37.2 Å². The highest BCUT2D eigenvalue weighted by Gasteiger charge is 2.37. The highest BCUT2D eigenvalue weighted by molar-refractivity contribution is 6.74. The van der Waals surface area contributed by atoms with E-state index in [2.05, 4.69) is 43.9 Å². The molecule has 2 aromatic heterocycles. The number of aryl methyl sites for hydroxylation is 2. The second kappa shape index (κ2) is 6.78. The second-order valence-corrected chi connectivity index (χ2v) is 12.6. The summed E-state index contributed by atoms with van der Waals surface area (Å²) in [7, 11) is 0.0316. The summed E-state index contributed by atoms with van der Waals surface area (Å²) in [5.41, 5.74) is 4.45. The highest BCUT2D eigenvalue weighted by atomic mass is 28.4. The molecule has 2 rings (SSSR count). The molecule has 0 unspecified atom stereocenters. The first kappa shape index (κ1) is 18.8. The normalized spacial score (nSPS) is 12.7. The maximum atomic E-state index is 9.90. The fourth-order valence-electron chi connectivity index (χ4n) is 2.34. The fourth-order valence-corrected chi connectivity index (χ4v) is 3.27. The fraction of sp³-hybridized carbons (Fsp3) is 0.556. The zero-order valence-corrected chi connectivity index (χ0v) is 16.8. The Morgan fingerprint density at radius 2 is 1.92 bits per heavy atom. The molecule has 2 heterocycles.